The highest BCUT2D eigenvalue weighted by Crippen LogP contribution is 2.29. The maximum Gasteiger partial charge on any atom is 0.405 e. The van der Waals surface area contributed by atoms with Crippen LogP contribution in [0.5, 0.6) is 11.5 Å². The number of aromatic amines is 1. The summed E-state index contributed by atoms with van der Waals surface area (Å²) in [5, 5.41) is 36.6. The van der Waals surface area contributed by atoms with Gasteiger partial charge in [0.15, 0.2) is 0 Å². The number of phenolic OH excluding ortho intramolecular Hbond substituents is 1. The third kappa shape index (κ3) is 6.95. The van der Waals surface area contributed by atoms with Gasteiger partial charge in [0.1, 0.15) is 18.1 Å². The average Bonchev–Trinajstić information content (AvgIpc) is 3.00. The van der Waals surface area contributed by atoms with E-state index < -0.39 is 18.2 Å². The van der Waals surface area contributed by atoms with Gasteiger partial charge in [0.25, 0.3) is 0 Å². The highest BCUT2D eigenvalue weighted by Gasteiger charge is 2.17. The first kappa shape index (κ1) is 28.4. The summed E-state index contributed by atoms with van der Waals surface area (Å²) in [7, 11) is 0. The molecule has 0 aliphatic carbocycles. The number of benzene rings is 4. The van der Waals surface area contributed by atoms with Gasteiger partial charge in [0.05, 0.1) is 17.7 Å². The molecule has 1 heterocycles. The number of hydrogen-bond acceptors (Lipinski definition) is 6. The third-order valence-electron chi connectivity index (χ3n) is 6.95. The second-order valence-corrected chi connectivity index (χ2v) is 9.90. The number of H-pyrrole nitrogens is 1. The van der Waals surface area contributed by atoms with E-state index in [1.165, 1.54) is 12.1 Å². The predicted molar refractivity (Wildman–Crippen MR) is 160 cm³/mol. The summed E-state index contributed by atoms with van der Waals surface area (Å²) in [6.45, 7) is 1.15. The summed E-state index contributed by atoms with van der Waals surface area (Å²) < 4.78 is 6.01. The molecule has 9 heteroatoms. The third-order valence-corrected chi connectivity index (χ3v) is 6.95. The number of aliphatic hydroxyl groups excluding tert-OH is 1. The fraction of sp³-hybridized carbons (Fsp3) is 0.152. The van der Waals surface area contributed by atoms with Crippen LogP contribution in [-0.4, -0.2) is 32.9 Å². The highest BCUT2D eigenvalue weighted by molar-refractivity contribution is 5.87. The lowest BCUT2D eigenvalue weighted by Crippen LogP contribution is -2.27. The Morgan fingerprint density at radius 2 is 1.60 bits per heavy atom. The van der Waals surface area contributed by atoms with Crippen molar-refractivity contribution in [3.8, 4) is 11.5 Å². The van der Waals surface area contributed by atoms with E-state index in [0.717, 1.165) is 22.3 Å². The second-order valence-electron chi connectivity index (χ2n) is 9.90. The van der Waals surface area contributed by atoms with Crippen LogP contribution >= 0.6 is 0 Å². The Balaban J connectivity index is 1.16. The molecular weight excluding hydrogens is 534 g/mol. The molecule has 9 nitrogen and oxygen atoms in total. The molecule has 42 heavy (non-hydrogen) atoms. The number of fused-ring (bicyclic) bond motifs is 1. The quantitative estimate of drug-likeness (QED) is 0.132. The van der Waals surface area contributed by atoms with Crippen molar-refractivity contribution >= 4 is 17.0 Å². The zero-order chi connectivity index (χ0) is 29.5. The van der Waals surface area contributed by atoms with Crippen molar-refractivity contribution in [2.75, 3.05) is 6.54 Å². The Morgan fingerprint density at radius 1 is 0.857 bits per heavy atom. The number of aliphatic hydroxyl groups is 1. The summed E-state index contributed by atoms with van der Waals surface area (Å²) in [6, 6.07) is 30.2. The van der Waals surface area contributed by atoms with Crippen molar-refractivity contribution < 1.29 is 24.9 Å². The largest absolute Gasteiger partial charge is 0.506 e. The number of rotatable bonds is 11. The van der Waals surface area contributed by atoms with Crippen LogP contribution in [0.1, 0.15) is 40.0 Å². The topological polar surface area (TPSA) is 144 Å². The first-order chi connectivity index (χ1) is 20.4. The van der Waals surface area contributed by atoms with Crippen molar-refractivity contribution in [1.82, 2.24) is 15.6 Å². The normalized spacial score (nSPS) is 12.5. The number of aromatic hydroxyl groups is 1. The van der Waals surface area contributed by atoms with E-state index >= 15 is 0 Å². The van der Waals surface area contributed by atoms with Gasteiger partial charge in [0.2, 0.25) is 5.56 Å². The number of aromatic nitrogens is 1. The summed E-state index contributed by atoms with van der Waals surface area (Å²) in [4.78, 5) is 25.7. The van der Waals surface area contributed by atoms with E-state index in [1.54, 1.807) is 12.1 Å². The minimum Gasteiger partial charge on any atom is -0.506 e. The molecule has 0 radical (unpaired) electrons. The van der Waals surface area contributed by atoms with Gasteiger partial charge in [0, 0.05) is 24.5 Å². The lowest BCUT2D eigenvalue weighted by Gasteiger charge is -2.19. The number of hydrogen-bond donors (Lipinski definition) is 6. The van der Waals surface area contributed by atoms with Gasteiger partial charge in [-0.15, -0.1) is 0 Å². The maximum absolute atomic E-state index is 11.6. The van der Waals surface area contributed by atoms with Crippen LogP contribution in [0.2, 0.25) is 0 Å². The van der Waals surface area contributed by atoms with Crippen LogP contribution in [0.25, 0.3) is 10.9 Å². The first-order valence-corrected chi connectivity index (χ1v) is 13.5. The molecular formula is C33H31N3O6. The SMILES string of the molecule is O=C(O)N[C@@H](c1ccccc1)c1cccc(OCc2ccc(CNC[C@H](O)c3ccc(O)c4[nH]c(=O)ccc34)cc2)c1. The zero-order valence-corrected chi connectivity index (χ0v) is 22.7. The summed E-state index contributed by atoms with van der Waals surface area (Å²) in [6.07, 6.45) is -1.94. The number of carbonyl (C=O) groups is 1. The maximum atomic E-state index is 11.6. The van der Waals surface area contributed by atoms with Crippen LogP contribution in [0, 0.1) is 0 Å². The van der Waals surface area contributed by atoms with E-state index in [4.69, 9.17) is 4.74 Å². The molecule has 0 aliphatic heterocycles. The summed E-state index contributed by atoms with van der Waals surface area (Å²) in [5.74, 6) is 0.584. The van der Waals surface area contributed by atoms with Crippen molar-refractivity contribution in [3.05, 3.63) is 141 Å². The lowest BCUT2D eigenvalue weighted by molar-refractivity contribution is 0.176. The summed E-state index contributed by atoms with van der Waals surface area (Å²) >= 11 is 0. The molecule has 0 aliphatic rings. The van der Waals surface area contributed by atoms with E-state index in [1.807, 2.05) is 78.9 Å². The van der Waals surface area contributed by atoms with Crippen LogP contribution in [-0.2, 0) is 13.2 Å². The molecule has 2 atom stereocenters. The van der Waals surface area contributed by atoms with Crippen LogP contribution in [0.15, 0.2) is 108 Å². The lowest BCUT2D eigenvalue weighted by atomic mass is 9.98. The molecule has 0 saturated heterocycles. The van der Waals surface area contributed by atoms with E-state index in [2.05, 4.69) is 15.6 Å². The number of carboxylic acid groups (broad SMARTS) is 1. The van der Waals surface area contributed by atoms with Gasteiger partial charge in [-0.1, -0.05) is 72.8 Å². The standard InChI is InChI=1S/C33H31N3O6/c37-28-15-13-26(27-14-16-30(39)35-32(27)28)29(38)19-34-18-21-9-11-22(12-10-21)20-42-25-8-4-7-24(17-25)31(36-33(40)41)23-5-2-1-3-6-23/h1-17,29,31,34,36-38H,18-20H2,(H,35,39)(H,40,41)/t29-,31-/m0/s1. The molecule has 0 spiro atoms. The minimum atomic E-state index is -1.11. The molecule has 4 aromatic carbocycles. The Kier molecular flexibility index (Phi) is 8.81. The minimum absolute atomic E-state index is 0.0463. The van der Waals surface area contributed by atoms with Gasteiger partial charge in [-0.05, 0) is 52.1 Å². The Hall–Kier alpha value is -5.12. The Morgan fingerprint density at radius 3 is 2.36 bits per heavy atom. The molecule has 214 valence electrons. The van der Waals surface area contributed by atoms with Gasteiger partial charge >= 0.3 is 6.09 Å². The molecule has 1 aromatic heterocycles. The zero-order valence-electron chi connectivity index (χ0n) is 22.7. The number of nitrogens with one attached hydrogen (secondary N) is 3. The average molecular weight is 566 g/mol. The molecule has 0 unspecified atom stereocenters. The molecule has 5 aromatic rings. The predicted octanol–water partition coefficient (Wildman–Crippen LogP) is 4.99. The molecule has 5 rings (SSSR count). The second kappa shape index (κ2) is 13.0. The number of amides is 1. The number of ether oxygens (including phenoxy) is 1. The van der Waals surface area contributed by atoms with E-state index in [9.17, 15) is 24.9 Å². The Labute approximate surface area is 242 Å². The van der Waals surface area contributed by atoms with Crippen molar-refractivity contribution in [2.45, 2.75) is 25.3 Å². The highest BCUT2D eigenvalue weighted by atomic mass is 16.5. The number of phenols is 1. The van der Waals surface area contributed by atoms with Gasteiger partial charge in [-0.25, -0.2) is 4.79 Å². The molecule has 0 bridgehead atoms. The smallest absolute Gasteiger partial charge is 0.405 e. The monoisotopic (exact) mass is 565 g/mol. The van der Waals surface area contributed by atoms with Gasteiger partial charge < -0.3 is 35.7 Å². The molecule has 6 N–H and O–H groups in total. The van der Waals surface area contributed by atoms with E-state index in [-0.39, 0.29) is 17.9 Å². The van der Waals surface area contributed by atoms with E-state index in [0.29, 0.717) is 35.4 Å². The van der Waals surface area contributed by atoms with Gasteiger partial charge in [-0.3, -0.25) is 4.79 Å². The Bertz CT molecular complexity index is 1720. The van der Waals surface area contributed by atoms with Crippen molar-refractivity contribution in [2.24, 2.45) is 0 Å². The summed E-state index contributed by atoms with van der Waals surface area (Å²) in [5.41, 5.74) is 4.19. The van der Waals surface area contributed by atoms with Crippen LogP contribution in [0.4, 0.5) is 4.79 Å². The number of pyridine rings is 1. The van der Waals surface area contributed by atoms with Crippen molar-refractivity contribution in [3.63, 3.8) is 0 Å². The van der Waals surface area contributed by atoms with Crippen LogP contribution in [0.3, 0.4) is 0 Å². The van der Waals surface area contributed by atoms with Crippen LogP contribution < -0.4 is 20.9 Å². The fourth-order valence-electron chi connectivity index (χ4n) is 4.84. The molecule has 0 fully saturated rings. The van der Waals surface area contributed by atoms with Gasteiger partial charge in [-0.2, -0.15) is 0 Å². The molecule has 0 saturated carbocycles. The van der Waals surface area contributed by atoms with Crippen molar-refractivity contribution in [1.29, 1.82) is 0 Å². The fourth-order valence-corrected chi connectivity index (χ4v) is 4.84. The molecule has 1 amide bonds. The first-order valence-electron chi connectivity index (χ1n) is 13.5.